The minimum Gasteiger partial charge on any atom is -0.368 e. The molecule has 0 atom stereocenters. The highest BCUT2D eigenvalue weighted by molar-refractivity contribution is 5.46. The number of anilines is 2. The maximum absolute atomic E-state index is 13.0. The SMILES string of the molecule is CC(C)c1cc(NCCNc2cccc(F)n2)n2ncnc2n1. The van der Waals surface area contributed by atoms with Crippen molar-refractivity contribution in [2.45, 2.75) is 19.8 Å². The molecule has 120 valence electrons. The molecule has 0 aliphatic heterocycles. The van der Waals surface area contributed by atoms with Crippen LogP contribution in [0.5, 0.6) is 0 Å². The topological polar surface area (TPSA) is 80.0 Å². The Bertz CT molecular complexity index is 799. The molecule has 0 saturated heterocycles. The molecule has 0 spiro atoms. The summed E-state index contributed by atoms with van der Waals surface area (Å²) in [6.07, 6.45) is 1.48. The Labute approximate surface area is 133 Å². The summed E-state index contributed by atoms with van der Waals surface area (Å²) < 4.78 is 14.7. The maximum Gasteiger partial charge on any atom is 0.254 e. The largest absolute Gasteiger partial charge is 0.368 e. The van der Waals surface area contributed by atoms with Crippen LogP contribution in [0.25, 0.3) is 5.78 Å². The van der Waals surface area contributed by atoms with E-state index in [1.165, 1.54) is 12.4 Å². The first kappa shape index (κ1) is 15.1. The summed E-state index contributed by atoms with van der Waals surface area (Å²) in [5, 5.41) is 10.5. The molecule has 0 aliphatic carbocycles. The minimum absolute atomic E-state index is 0.298. The van der Waals surface area contributed by atoms with Gasteiger partial charge in [-0.15, -0.1) is 0 Å². The number of nitrogens with zero attached hydrogens (tertiary/aromatic N) is 5. The molecule has 3 aromatic heterocycles. The van der Waals surface area contributed by atoms with E-state index in [2.05, 4.69) is 44.5 Å². The van der Waals surface area contributed by atoms with E-state index in [0.29, 0.717) is 30.6 Å². The van der Waals surface area contributed by atoms with Crippen molar-refractivity contribution in [3.8, 4) is 0 Å². The molecule has 0 saturated carbocycles. The fraction of sp³-hybridized carbons (Fsp3) is 0.333. The van der Waals surface area contributed by atoms with Gasteiger partial charge in [-0.05, 0) is 18.1 Å². The van der Waals surface area contributed by atoms with Crippen LogP contribution in [0.1, 0.15) is 25.5 Å². The van der Waals surface area contributed by atoms with Crippen LogP contribution in [0.15, 0.2) is 30.6 Å². The average Bonchev–Trinajstić information content (AvgIpc) is 3.00. The Morgan fingerprint density at radius 2 is 2.00 bits per heavy atom. The summed E-state index contributed by atoms with van der Waals surface area (Å²) >= 11 is 0. The second-order valence-electron chi connectivity index (χ2n) is 5.39. The Kier molecular flexibility index (Phi) is 4.31. The van der Waals surface area contributed by atoms with Gasteiger partial charge in [-0.2, -0.15) is 19.0 Å². The lowest BCUT2D eigenvalue weighted by molar-refractivity contribution is 0.585. The molecule has 3 heterocycles. The number of fused-ring (bicyclic) bond motifs is 1. The van der Waals surface area contributed by atoms with E-state index < -0.39 is 5.95 Å². The Balaban J connectivity index is 1.66. The minimum atomic E-state index is -0.497. The van der Waals surface area contributed by atoms with Gasteiger partial charge in [0.25, 0.3) is 5.78 Å². The van der Waals surface area contributed by atoms with Gasteiger partial charge in [0, 0.05) is 19.2 Å². The summed E-state index contributed by atoms with van der Waals surface area (Å²) in [5.41, 5.74) is 0.952. The standard InChI is InChI=1S/C15H18FN7/c1-10(2)11-8-14(23-15(21-11)19-9-20-23)18-7-6-17-13-5-3-4-12(16)22-13/h3-5,8-10,18H,6-7H2,1-2H3,(H,17,22). The summed E-state index contributed by atoms with van der Waals surface area (Å²) in [6, 6.07) is 6.62. The predicted octanol–water partition coefficient (Wildman–Crippen LogP) is 2.31. The predicted molar refractivity (Wildman–Crippen MR) is 86.0 cm³/mol. The van der Waals surface area contributed by atoms with Crippen molar-refractivity contribution in [2.75, 3.05) is 23.7 Å². The molecule has 3 aromatic rings. The van der Waals surface area contributed by atoms with E-state index in [4.69, 9.17) is 0 Å². The molecule has 0 aliphatic rings. The van der Waals surface area contributed by atoms with Gasteiger partial charge < -0.3 is 10.6 Å². The third-order valence-corrected chi connectivity index (χ3v) is 3.32. The summed E-state index contributed by atoms with van der Waals surface area (Å²) in [4.78, 5) is 12.4. The smallest absolute Gasteiger partial charge is 0.254 e. The van der Waals surface area contributed by atoms with Crippen LogP contribution in [0.4, 0.5) is 16.0 Å². The highest BCUT2D eigenvalue weighted by Gasteiger charge is 2.09. The van der Waals surface area contributed by atoms with Crippen molar-refractivity contribution in [2.24, 2.45) is 0 Å². The molecule has 0 amide bonds. The zero-order valence-corrected chi connectivity index (χ0v) is 13.0. The van der Waals surface area contributed by atoms with Crippen LogP contribution in [-0.4, -0.2) is 37.7 Å². The first-order valence-corrected chi connectivity index (χ1v) is 7.44. The number of rotatable bonds is 6. The molecule has 0 unspecified atom stereocenters. The van der Waals surface area contributed by atoms with E-state index >= 15 is 0 Å². The third-order valence-electron chi connectivity index (χ3n) is 3.32. The van der Waals surface area contributed by atoms with Crippen LogP contribution >= 0.6 is 0 Å². The maximum atomic E-state index is 13.0. The molecule has 7 nitrogen and oxygen atoms in total. The zero-order valence-electron chi connectivity index (χ0n) is 13.0. The number of pyridine rings is 1. The molecular weight excluding hydrogens is 297 g/mol. The highest BCUT2D eigenvalue weighted by Crippen LogP contribution is 2.17. The third kappa shape index (κ3) is 3.53. The number of aromatic nitrogens is 5. The van der Waals surface area contributed by atoms with Gasteiger partial charge in [-0.1, -0.05) is 19.9 Å². The van der Waals surface area contributed by atoms with Gasteiger partial charge in [-0.25, -0.2) is 9.97 Å². The van der Waals surface area contributed by atoms with Gasteiger partial charge in [-0.3, -0.25) is 0 Å². The van der Waals surface area contributed by atoms with Gasteiger partial charge in [0.15, 0.2) is 0 Å². The van der Waals surface area contributed by atoms with E-state index in [-0.39, 0.29) is 0 Å². The quantitative estimate of drug-likeness (QED) is 0.537. The lowest BCUT2D eigenvalue weighted by Gasteiger charge is -2.12. The number of halogens is 1. The fourth-order valence-electron chi connectivity index (χ4n) is 2.14. The molecule has 2 N–H and O–H groups in total. The number of hydrogen-bond donors (Lipinski definition) is 2. The molecule has 0 aromatic carbocycles. The van der Waals surface area contributed by atoms with E-state index in [1.807, 2.05) is 6.07 Å². The molecular formula is C15H18FN7. The monoisotopic (exact) mass is 315 g/mol. The van der Waals surface area contributed by atoms with E-state index in [0.717, 1.165) is 11.5 Å². The number of hydrogen-bond acceptors (Lipinski definition) is 6. The average molecular weight is 315 g/mol. The molecule has 3 rings (SSSR count). The van der Waals surface area contributed by atoms with Crippen LogP contribution < -0.4 is 10.6 Å². The first-order chi connectivity index (χ1) is 11.1. The summed E-state index contributed by atoms with van der Waals surface area (Å²) in [6.45, 7) is 5.37. The molecule has 0 bridgehead atoms. The zero-order chi connectivity index (χ0) is 16.2. The van der Waals surface area contributed by atoms with Crippen molar-refractivity contribution in [1.82, 2.24) is 24.6 Å². The molecule has 0 fully saturated rings. The Morgan fingerprint density at radius 3 is 2.78 bits per heavy atom. The molecule has 8 heteroatoms. The van der Waals surface area contributed by atoms with Crippen LogP contribution in [0.3, 0.4) is 0 Å². The summed E-state index contributed by atoms with van der Waals surface area (Å²) in [5.74, 6) is 1.70. The fourth-order valence-corrected chi connectivity index (χ4v) is 2.14. The summed E-state index contributed by atoms with van der Waals surface area (Å²) in [7, 11) is 0. The van der Waals surface area contributed by atoms with Crippen molar-refractivity contribution < 1.29 is 4.39 Å². The molecule has 23 heavy (non-hydrogen) atoms. The van der Waals surface area contributed by atoms with Gasteiger partial charge >= 0.3 is 0 Å². The Morgan fingerprint density at radius 1 is 1.17 bits per heavy atom. The number of nitrogens with one attached hydrogen (secondary N) is 2. The second kappa shape index (κ2) is 6.55. The highest BCUT2D eigenvalue weighted by atomic mass is 19.1. The van der Waals surface area contributed by atoms with Gasteiger partial charge in [0.05, 0.1) is 5.69 Å². The second-order valence-corrected chi connectivity index (χ2v) is 5.39. The van der Waals surface area contributed by atoms with Crippen molar-refractivity contribution in [3.05, 3.63) is 42.2 Å². The van der Waals surface area contributed by atoms with E-state index in [9.17, 15) is 4.39 Å². The Hall–Kier alpha value is -2.77. The van der Waals surface area contributed by atoms with Gasteiger partial charge in [0.1, 0.15) is 18.0 Å². The van der Waals surface area contributed by atoms with Crippen molar-refractivity contribution in [1.29, 1.82) is 0 Å². The van der Waals surface area contributed by atoms with Crippen LogP contribution in [-0.2, 0) is 0 Å². The molecule has 0 radical (unpaired) electrons. The lowest BCUT2D eigenvalue weighted by Crippen LogP contribution is -2.17. The van der Waals surface area contributed by atoms with Gasteiger partial charge in [0.2, 0.25) is 5.95 Å². The van der Waals surface area contributed by atoms with Crippen molar-refractivity contribution >= 4 is 17.4 Å². The van der Waals surface area contributed by atoms with Crippen LogP contribution in [0.2, 0.25) is 0 Å². The van der Waals surface area contributed by atoms with Crippen molar-refractivity contribution in [3.63, 3.8) is 0 Å². The normalized spacial score (nSPS) is 11.1. The van der Waals surface area contributed by atoms with E-state index in [1.54, 1.807) is 16.6 Å². The first-order valence-electron chi connectivity index (χ1n) is 7.44. The van der Waals surface area contributed by atoms with Crippen LogP contribution in [0, 0.1) is 5.95 Å². The lowest BCUT2D eigenvalue weighted by atomic mass is 10.1.